The summed E-state index contributed by atoms with van der Waals surface area (Å²) in [5.41, 5.74) is 2.38. The summed E-state index contributed by atoms with van der Waals surface area (Å²) in [6.45, 7) is 10.9. The Kier molecular flexibility index (Phi) is 6.91. The van der Waals surface area contributed by atoms with Gasteiger partial charge in [-0.25, -0.2) is 4.98 Å². The van der Waals surface area contributed by atoms with Crippen molar-refractivity contribution < 1.29 is 9.53 Å². The first kappa shape index (κ1) is 22.2. The highest BCUT2D eigenvalue weighted by Crippen LogP contribution is 2.34. The van der Waals surface area contributed by atoms with E-state index in [1.807, 2.05) is 32.9 Å². The van der Waals surface area contributed by atoms with Gasteiger partial charge in [0.15, 0.2) is 5.13 Å². The minimum atomic E-state index is -0.0732. The fourth-order valence-corrected chi connectivity index (χ4v) is 5.00. The smallest absolute Gasteiger partial charge is 0.278 e. The van der Waals surface area contributed by atoms with Crippen LogP contribution in [0.5, 0.6) is 0 Å². The van der Waals surface area contributed by atoms with Gasteiger partial charge in [0.2, 0.25) is 0 Å². The number of rotatable bonds is 7. The fourth-order valence-electron chi connectivity index (χ4n) is 3.80. The molecule has 31 heavy (non-hydrogen) atoms. The molecule has 0 unspecified atom stereocenters. The summed E-state index contributed by atoms with van der Waals surface area (Å²) in [6.07, 6.45) is 2.54. The Hall–Kier alpha value is -2.00. The number of ether oxygens (including phenoxy) is 1. The van der Waals surface area contributed by atoms with E-state index in [0.29, 0.717) is 22.4 Å². The van der Waals surface area contributed by atoms with Gasteiger partial charge in [-0.3, -0.25) is 19.3 Å². The highest BCUT2D eigenvalue weighted by Gasteiger charge is 2.25. The molecule has 1 fully saturated rings. The number of amides is 1. The molecule has 0 N–H and O–H groups in total. The largest absolute Gasteiger partial charge is 0.379 e. The first-order valence-corrected chi connectivity index (χ1v) is 11.9. The van der Waals surface area contributed by atoms with Crippen LogP contribution < -0.4 is 4.90 Å². The monoisotopic (exact) mass is 461 g/mol. The lowest BCUT2D eigenvalue weighted by Gasteiger charge is -2.28. The molecule has 3 heterocycles. The fraction of sp³-hybridized carbons (Fsp3) is 0.500. The van der Waals surface area contributed by atoms with E-state index in [0.717, 1.165) is 55.0 Å². The molecule has 1 aliphatic heterocycles. The van der Waals surface area contributed by atoms with Crippen molar-refractivity contribution in [2.45, 2.75) is 33.2 Å². The van der Waals surface area contributed by atoms with Crippen LogP contribution in [-0.2, 0) is 4.74 Å². The van der Waals surface area contributed by atoms with E-state index in [2.05, 4.69) is 10.00 Å². The molecule has 1 amide bonds. The van der Waals surface area contributed by atoms with Crippen LogP contribution in [-0.4, -0.2) is 65.0 Å². The summed E-state index contributed by atoms with van der Waals surface area (Å²) >= 11 is 7.83. The van der Waals surface area contributed by atoms with Crippen molar-refractivity contribution in [3.63, 3.8) is 0 Å². The number of carbonyl (C=O) groups is 1. The number of thiazole rings is 1. The summed E-state index contributed by atoms with van der Waals surface area (Å²) in [5.74, 6) is -0.0732. The van der Waals surface area contributed by atoms with Crippen LogP contribution in [0.2, 0.25) is 5.02 Å². The van der Waals surface area contributed by atoms with Gasteiger partial charge in [0.25, 0.3) is 5.91 Å². The first-order chi connectivity index (χ1) is 15.0. The van der Waals surface area contributed by atoms with Gasteiger partial charge < -0.3 is 4.74 Å². The predicted molar refractivity (Wildman–Crippen MR) is 126 cm³/mol. The molecule has 166 valence electrons. The topological polar surface area (TPSA) is 63.5 Å². The van der Waals surface area contributed by atoms with Gasteiger partial charge in [-0.15, -0.1) is 0 Å². The minimum Gasteiger partial charge on any atom is -0.379 e. The van der Waals surface area contributed by atoms with E-state index in [1.165, 1.54) is 11.3 Å². The normalized spacial score (nSPS) is 15.1. The number of aryl methyl sites for hydroxylation is 1. The third-order valence-electron chi connectivity index (χ3n) is 5.55. The zero-order valence-electron chi connectivity index (χ0n) is 18.2. The van der Waals surface area contributed by atoms with Crippen molar-refractivity contribution >= 4 is 44.2 Å². The molecule has 0 aliphatic carbocycles. The Morgan fingerprint density at radius 3 is 2.81 bits per heavy atom. The van der Waals surface area contributed by atoms with Crippen molar-refractivity contribution in [2.24, 2.45) is 0 Å². The van der Waals surface area contributed by atoms with Crippen LogP contribution in [0.1, 0.15) is 42.4 Å². The van der Waals surface area contributed by atoms with Gasteiger partial charge in [0.05, 0.1) is 23.4 Å². The maximum Gasteiger partial charge on any atom is 0.278 e. The van der Waals surface area contributed by atoms with Gasteiger partial charge in [-0.05, 0) is 51.0 Å². The molecular weight excluding hydrogens is 434 g/mol. The summed E-state index contributed by atoms with van der Waals surface area (Å²) in [7, 11) is 0. The van der Waals surface area contributed by atoms with Crippen LogP contribution in [0.25, 0.3) is 10.2 Å². The Bertz CT molecular complexity index is 1060. The molecule has 4 rings (SSSR count). The summed E-state index contributed by atoms with van der Waals surface area (Å²) in [5, 5.41) is 5.73. The van der Waals surface area contributed by atoms with Crippen molar-refractivity contribution in [3.8, 4) is 0 Å². The second-order valence-corrected chi connectivity index (χ2v) is 9.45. The Morgan fingerprint density at radius 2 is 2.06 bits per heavy atom. The second-order valence-electron chi connectivity index (χ2n) is 8.03. The quantitative estimate of drug-likeness (QED) is 0.521. The van der Waals surface area contributed by atoms with Crippen molar-refractivity contribution in [1.29, 1.82) is 0 Å². The second kappa shape index (κ2) is 9.65. The number of fused-ring (bicyclic) bond motifs is 1. The lowest BCUT2D eigenvalue weighted by Crippen LogP contribution is -2.39. The Labute approximate surface area is 191 Å². The Balaban J connectivity index is 1.62. The average molecular weight is 462 g/mol. The number of halogens is 1. The molecule has 0 saturated carbocycles. The number of benzene rings is 1. The number of anilines is 1. The van der Waals surface area contributed by atoms with Crippen LogP contribution >= 0.6 is 22.9 Å². The molecule has 0 bridgehead atoms. The summed E-state index contributed by atoms with van der Waals surface area (Å²) < 4.78 is 8.24. The number of nitrogens with zero attached hydrogens (tertiary/aromatic N) is 5. The van der Waals surface area contributed by atoms with Crippen LogP contribution in [0.3, 0.4) is 0 Å². The maximum atomic E-state index is 13.6. The number of morpholine rings is 1. The van der Waals surface area contributed by atoms with Crippen LogP contribution in [0.4, 0.5) is 5.13 Å². The molecule has 0 spiro atoms. The van der Waals surface area contributed by atoms with E-state index < -0.39 is 0 Å². The lowest BCUT2D eigenvalue weighted by atomic mass is 10.2. The highest BCUT2D eigenvalue weighted by atomic mass is 35.5. The molecule has 3 aromatic rings. The van der Waals surface area contributed by atoms with E-state index in [4.69, 9.17) is 21.3 Å². The molecule has 0 radical (unpaired) electrons. The van der Waals surface area contributed by atoms with Crippen LogP contribution in [0.15, 0.2) is 24.4 Å². The van der Waals surface area contributed by atoms with Gasteiger partial charge in [0, 0.05) is 43.4 Å². The molecule has 9 heteroatoms. The standard InChI is InChI=1S/C22H28ClN5O2S/c1-15(2)28-18(7-8-24-28)21(29)27(10-4-9-26-11-13-30-14-12-26)22-25-20-16(3)17(23)5-6-19(20)31-22/h5-8,15H,4,9-14H2,1-3H3. The van der Waals surface area contributed by atoms with E-state index in [-0.39, 0.29) is 11.9 Å². The molecule has 1 aromatic carbocycles. The van der Waals surface area contributed by atoms with Crippen LogP contribution in [0, 0.1) is 6.92 Å². The summed E-state index contributed by atoms with van der Waals surface area (Å²) in [4.78, 5) is 22.6. The van der Waals surface area contributed by atoms with Gasteiger partial charge >= 0.3 is 0 Å². The zero-order chi connectivity index (χ0) is 22.0. The van der Waals surface area contributed by atoms with E-state index >= 15 is 0 Å². The lowest BCUT2D eigenvalue weighted by molar-refractivity contribution is 0.0376. The SMILES string of the molecule is Cc1c(Cl)ccc2sc(N(CCCN3CCOCC3)C(=O)c3ccnn3C(C)C)nc12. The van der Waals surface area contributed by atoms with E-state index in [1.54, 1.807) is 21.8 Å². The molecule has 0 atom stereocenters. The zero-order valence-corrected chi connectivity index (χ0v) is 19.7. The molecular formula is C22H28ClN5O2S. The average Bonchev–Trinajstić information content (AvgIpc) is 3.42. The van der Waals surface area contributed by atoms with E-state index in [9.17, 15) is 4.79 Å². The highest BCUT2D eigenvalue weighted by molar-refractivity contribution is 7.22. The number of hydrogen-bond donors (Lipinski definition) is 0. The molecule has 7 nitrogen and oxygen atoms in total. The van der Waals surface area contributed by atoms with Gasteiger partial charge in [-0.1, -0.05) is 22.9 Å². The van der Waals surface area contributed by atoms with Crippen molar-refractivity contribution in [1.82, 2.24) is 19.7 Å². The third kappa shape index (κ3) is 4.77. The van der Waals surface area contributed by atoms with Crippen molar-refractivity contribution in [3.05, 3.63) is 40.7 Å². The summed E-state index contributed by atoms with van der Waals surface area (Å²) in [6, 6.07) is 5.74. The molecule has 1 aliphatic rings. The van der Waals surface area contributed by atoms with Crippen molar-refractivity contribution in [2.75, 3.05) is 44.3 Å². The maximum absolute atomic E-state index is 13.6. The molecule has 1 saturated heterocycles. The number of carbonyl (C=O) groups excluding carboxylic acids is 1. The third-order valence-corrected chi connectivity index (χ3v) is 7.00. The predicted octanol–water partition coefficient (Wildman–Crippen LogP) is 4.40. The number of aromatic nitrogens is 3. The first-order valence-electron chi connectivity index (χ1n) is 10.7. The number of hydrogen-bond acceptors (Lipinski definition) is 6. The minimum absolute atomic E-state index is 0.0732. The van der Waals surface area contributed by atoms with Gasteiger partial charge in [0.1, 0.15) is 5.69 Å². The Morgan fingerprint density at radius 1 is 1.29 bits per heavy atom. The van der Waals surface area contributed by atoms with Gasteiger partial charge in [-0.2, -0.15) is 5.10 Å². The molecule has 2 aromatic heterocycles.